The number of aromatic nitrogens is 5. The van der Waals surface area contributed by atoms with E-state index in [1.807, 2.05) is 23.9 Å². The third-order valence-corrected chi connectivity index (χ3v) is 3.60. The van der Waals surface area contributed by atoms with Crippen LogP contribution in [-0.2, 0) is 11.8 Å². The van der Waals surface area contributed by atoms with Gasteiger partial charge >= 0.3 is 0 Å². The van der Waals surface area contributed by atoms with Crippen LogP contribution in [0, 0.1) is 0 Å². The highest BCUT2D eigenvalue weighted by molar-refractivity contribution is 5.38. The molecular formula is C14H20N6O. The standard InChI is InChI=1S/C14H20N6O/c1-10(2)13-15-5-4-12(17-13)20-6-7-21-11(8-20)14-18-16-9-19(14)3/h4-5,9-11H,6-8H2,1-3H3. The largest absolute Gasteiger partial charge is 0.366 e. The van der Waals surface area contributed by atoms with Gasteiger partial charge in [-0.15, -0.1) is 10.2 Å². The lowest BCUT2D eigenvalue weighted by atomic mass is 10.2. The van der Waals surface area contributed by atoms with Gasteiger partial charge < -0.3 is 14.2 Å². The number of rotatable bonds is 3. The second kappa shape index (κ2) is 5.77. The van der Waals surface area contributed by atoms with Crippen LogP contribution in [0.25, 0.3) is 0 Å². The van der Waals surface area contributed by atoms with Gasteiger partial charge in [0.2, 0.25) is 0 Å². The Balaban J connectivity index is 1.80. The monoisotopic (exact) mass is 288 g/mol. The van der Waals surface area contributed by atoms with Crippen LogP contribution in [0.2, 0.25) is 0 Å². The first-order valence-corrected chi connectivity index (χ1v) is 7.18. The lowest BCUT2D eigenvalue weighted by Crippen LogP contribution is -2.39. The van der Waals surface area contributed by atoms with Crippen molar-refractivity contribution in [2.75, 3.05) is 24.6 Å². The molecule has 0 spiro atoms. The summed E-state index contributed by atoms with van der Waals surface area (Å²) in [4.78, 5) is 11.2. The molecule has 2 aromatic heterocycles. The van der Waals surface area contributed by atoms with E-state index >= 15 is 0 Å². The van der Waals surface area contributed by atoms with E-state index in [0.29, 0.717) is 12.5 Å². The van der Waals surface area contributed by atoms with Crippen molar-refractivity contribution in [2.45, 2.75) is 25.9 Å². The third-order valence-electron chi connectivity index (χ3n) is 3.60. The summed E-state index contributed by atoms with van der Waals surface area (Å²) in [6, 6.07) is 1.95. The van der Waals surface area contributed by atoms with Crippen molar-refractivity contribution in [2.24, 2.45) is 7.05 Å². The van der Waals surface area contributed by atoms with Crippen LogP contribution >= 0.6 is 0 Å². The van der Waals surface area contributed by atoms with E-state index in [0.717, 1.165) is 30.6 Å². The Kier molecular flexibility index (Phi) is 3.83. The summed E-state index contributed by atoms with van der Waals surface area (Å²) in [5.41, 5.74) is 0. The van der Waals surface area contributed by atoms with E-state index in [1.165, 1.54) is 0 Å². The fraction of sp³-hybridized carbons (Fsp3) is 0.571. The summed E-state index contributed by atoms with van der Waals surface area (Å²) < 4.78 is 7.72. The molecule has 1 atom stereocenters. The number of hydrogen-bond donors (Lipinski definition) is 0. The van der Waals surface area contributed by atoms with Crippen molar-refractivity contribution in [1.29, 1.82) is 0 Å². The second-order valence-corrected chi connectivity index (χ2v) is 5.53. The van der Waals surface area contributed by atoms with Crippen LogP contribution in [0.15, 0.2) is 18.6 Å². The van der Waals surface area contributed by atoms with Gasteiger partial charge in [0.1, 0.15) is 24.1 Å². The Bertz CT molecular complexity index is 611. The highest BCUT2D eigenvalue weighted by atomic mass is 16.5. The van der Waals surface area contributed by atoms with Crippen LogP contribution < -0.4 is 4.90 Å². The Morgan fingerprint density at radius 3 is 2.95 bits per heavy atom. The van der Waals surface area contributed by atoms with Crippen molar-refractivity contribution in [1.82, 2.24) is 24.7 Å². The maximum Gasteiger partial charge on any atom is 0.163 e. The number of morpholine rings is 1. The van der Waals surface area contributed by atoms with E-state index in [-0.39, 0.29) is 6.10 Å². The fourth-order valence-corrected chi connectivity index (χ4v) is 2.42. The zero-order valence-corrected chi connectivity index (χ0v) is 12.6. The highest BCUT2D eigenvalue weighted by Crippen LogP contribution is 2.24. The number of aryl methyl sites for hydroxylation is 1. The molecule has 0 amide bonds. The first-order valence-electron chi connectivity index (χ1n) is 7.18. The van der Waals surface area contributed by atoms with Crippen molar-refractivity contribution < 1.29 is 4.74 Å². The highest BCUT2D eigenvalue weighted by Gasteiger charge is 2.26. The number of nitrogens with zero attached hydrogens (tertiary/aromatic N) is 6. The maximum atomic E-state index is 5.82. The van der Waals surface area contributed by atoms with Gasteiger partial charge in [0.15, 0.2) is 5.82 Å². The number of anilines is 1. The zero-order valence-electron chi connectivity index (χ0n) is 12.6. The first kappa shape index (κ1) is 13.9. The molecule has 7 nitrogen and oxygen atoms in total. The third kappa shape index (κ3) is 2.87. The minimum atomic E-state index is -0.0799. The van der Waals surface area contributed by atoms with Gasteiger partial charge in [-0.2, -0.15) is 0 Å². The van der Waals surface area contributed by atoms with Gasteiger partial charge in [-0.3, -0.25) is 0 Å². The summed E-state index contributed by atoms with van der Waals surface area (Å²) >= 11 is 0. The van der Waals surface area contributed by atoms with Crippen LogP contribution in [0.1, 0.15) is 37.5 Å². The van der Waals surface area contributed by atoms with E-state index in [9.17, 15) is 0 Å². The Hall–Kier alpha value is -2.02. The van der Waals surface area contributed by atoms with E-state index in [1.54, 1.807) is 6.33 Å². The Morgan fingerprint density at radius 2 is 2.24 bits per heavy atom. The fourth-order valence-electron chi connectivity index (χ4n) is 2.42. The Morgan fingerprint density at radius 1 is 1.38 bits per heavy atom. The van der Waals surface area contributed by atoms with Crippen molar-refractivity contribution in [3.05, 3.63) is 30.2 Å². The molecular weight excluding hydrogens is 268 g/mol. The number of hydrogen-bond acceptors (Lipinski definition) is 6. The first-order chi connectivity index (χ1) is 10.1. The van der Waals surface area contributed by atoms with E-state index in [4.69, 9.17) is 4.74 Å². The summed E-state index contributed by atoms with van der Waals surface area (Å²) in [6.07, 6.45) is 3.44. The van der Waals surface area contributed by atoms with E-state index in [2.05, 4.69) is 38.9 Å². The summed E-state index contributed by atoms with van der Waals surface area (Å²) in [7, 11) is 1.93. The van der Waals surface area contributed by atoms with Crippen molar-refractivity contribution in [3.8, 4) is 0 Å². The molecule has 0 radical (unpaired) electrons. The van der Waals surface area contributed by atoms with Gasteiger partial charge in [0.25, 0.3) is 0 Å². The van der Waals surface area contributed by atoms with Crippen LogP contribution in [0.5, 0.6) is 0 Å². The molecule has 0 bridgehead atoms. The molecule has 21 heavy (non-hydrogen) atoms. The zero-order chi connectivity index (χ0) is 14.8. The summed E-state index contributed by atoms with van der Waals surface area (Å²) in [5, 5.41) is 8.06. The molecule has 1 aliphatic rings. The van der Waals surface area contributed by atoms with Crippen molar-refractivity contribution in [3.63, 3.8) is 0 Å². The SMILES string of the molecule is CC(C)c1nccc(N2CCOC(c3nncn3C)C2)n1. The quantitative estimate of drug-likeness (QED) is 0.848. The van der Waals surface area contributed by atoms with Gasteiger partial charge in [-0.05, 0) is 6.07 Å². The molecule has 1 aliphatic heterocycles. The molecule has 1 saturated heterocycles. The maximum absolute atomic E-state index is 5.82. The van der Waals surface area contributed by atoms with Crippen molar-refractivity contribution >= 4 is 5.82 Å². The smallest absolute Gasteiger partial charge is 0.163 e. The molecule has 1 fully saturated rings. The normalized spacial score (nSPS) is 19.2. The molecule has 3 rings (SSSR count). The molecule has 3 heterocycles. The lowest BCUT2D eigenvalue weighted by Gasteiger charge is -2.33. The van der Waals surface area contributed by atoms with Crippen LogP contribution in [0.4, 0.5) is 5.82 Å². The van der Waals surface area contributed by atoms with Gasteiger partial charge in [0, 0.05) is 25.7 Å². The molecule has 7 heteroatoms. The molecule has 0 N–H and O–H groups in total. The lowest BCUT2D eigenvalue weighted by molar-refractivity contribution is 0.0318. The molecule has 0 saturated carbocycles. The summed E-state index contributed by atoms with van der Waals surface area (Å²) in [6.45, 7) is 6.39. The Labute approximate surface area is 124 Å². The predicted molar refractivity (Wildman–Crippen MR) is 78.0 cm³/mol. The average molecular weight is 288 g/mol. The molecule has 0 aliphatic carbocycles. The minimum absolute atomic E-state index is 0.0799. The molecule has 0 aromatic carbocycles. The van der Waals surface area contributed by atoms with Gasteiger partial charge in [0.05, 0.1) is 13.2 Å². The van der Waals surface area contributed by atoms with Gasteiger partial charge in [-0.25, -0.2) is 9.97 Å². The topological polar surface area (TPSA) is 69.0 Å². The van der Waals surface area contributed by atoms with Crippen LogP contribution in [-0.4, -0.2) is 44.4 Å². The second-order valence-electron chi connectivity index (χ2n) is 5.53. The predicted octanol–water partition coefficient (Wildman–Crippen LogP) is 1.31. The van der Waals surface area contributed by atoms with Crippen LogP contribution in [0.3, 0.4) is 0 Å². The molecule has 1 unspecified atom stereocenters. The van der Waals surface area contributed by atoms with Gasteiger partial charge in [-0.1, -0.05) is 13.8 Å². The summed E-state index contributed by atoms with van der Waals surface area (Å²) in [5.74, 6) is 2.98. The molecule has 2 aromatic rings. The molecule has 112 valence electrons. The average Bonchev–Trinajstić information content (AvgIpc) is 2.94. The minimum Gasteiger partial charge on any atom is -0.366 e. The van der Waals surface area contributed by atoms with E-state index < -0.39 is 0 Å². The number of ether oxygens (including phenoxy) is 1.